The number of nitrogens with zero attached hydrogens (tertiary/aromatic N) is 1. The standard InChI is InChI=1S/C22H35N3O4/c1-6-22(4,5)24-20(27)18(15-17-12-8-7-9-13-17)23-21(28)25(29)19(26)14-10-11-16(2)3/h7-9,12-13,16,18,29H,6,10-11,14-15H2,1-5H3,(H,23,28)(H,24,27)/t18-/m0/s1. The summed E-state index contributed by atoms with van der Waals surface area (Å²) in [6.07, 6.45) is 2.44. The summed E-state index contributed by atoms with van der Waals surface area (Å²) in [5.74, 6) is -0.616. The summed E-state index contributed by atoms with van der Waals surface area (Å²) in [5.41, 5.74) is 0.414. The van der Waals surface area contributed by atoms with Crippen LogP contribution in [0.2, 0.25) is 0 Å². The second kappa shape index (κ2) is 11.6. The Kier molecular flexibility index (Phi) is 9.81. The van der Waals surface area contributed by atoms with Crippen LogP contribution < -0.4 is 10.6 Å². The fourth-order valence-electron chi connectivity index (χ4n) is 2.66. The molecule has 0 saturated carbocycles. The van der Waals surface area contributed by atoms with Gasteiger partial charge in [-0.25, -0.2) is 4.79 Å². The van der Waals surface area contributed by atoms with E-state index in [4.69, 9.17) is 0 Å². The van der Waals surface area contributed by atoms with Crippen LogP contribution in [0.25, 0.3) is 0 Å². The number of urea groups is 1. The molecule has 0 heterocycles. The van der Waals surface area contributed by atoms with Crippen molar-refractivity contribution >= 4 is 17.8 Å². The van der Waals surface area contributed by atoms with E-state index in [0.29, 0.717) is 18.8 Å². The maximum atomic E-state index is 12.8. The van der Waals surface area contributed by atoms with Gasteiger partial charge in [0.25, 0.3) is 5.91 Å². The van der Waals surface area contributed by atoms with Crippen LogP contribution in [-0.2, 0) is 16.0 Å². The second-order valence-electron chi connectivity index (χ2n) is 8.41. The quantitative estimate of drug-likeness (QED) is 0.409. The van der Waals surface area contributed by atoms with Crippen LogP contribution >= 0.6 is 0 Å². The smallest absolute Gasteiger partial charge is 0.349 e. The van der Waals surface area contributed by atoms with E-state index in [0.717, 1.165) is 12.0 Å². The van der Waals surface area contributed by atoms with Gasteiger partial charge in [0.05, 0.1) is 0 Å². The predicted molar refractivity (Wildman–Crippen MR) is 112 cm³/mol. The summed E-state index contributed by atoms with van der Waals surface area (Å²) >= 11 is 0. The SMILES string of the molecule is CCC(C)(C)NC(=O)[C@H](Cc1ccccc1)NC(=O)N(O)C(=O)CCCC(C)C. The van der Waals surface area contributed by atoms with Gasteiger partial charge in [-0.3, -0.25) is 14.8 Å². The number of rotatable bonds is 10. The average molecular weight is 406 g/mol. The largest absolute Gasteiger partial charge is 0.349 e. The van der Waals surface area contributed by atoms with E-state index < -0.39 is 23.5 Å². The van der Waals surface area contributed by atoms with Crippen LogP contribution in [0.5, 0.6) is 0 Å². The first-order valence-electron chi connectivity index (χ1n) is 10.2. The van der Waals surface area contributed by atoms with E-state index in [1.165, 1.54) is 0 Å². The van der Waals surface area contributed by atoms with Gasteiger partial charge in [-0.2, -0.15) is 0 Å². The summed E-state index contributed by atoms with van der Waals surface area (Å²) in [7, 11) is 0. The summed E-state index contributed by atoms with van der Waals surface area (Å²) in [4.78, 5) is 37.2. The van der Waals surface area contributed by atoms with Gasteiger partial charge >= 0.3 is 6.03 Å². The molecular weight excluding hydrogens is 370 g/mol. The minimum atomic E-state index is -0.995. The van der Waals surface area contributed by atoms with Gasteiger partial charge in [-0.1, -0.05) is 57.5 Å². The van der Waals surface area contributed by atoms with Gasteiger partial charge in [-0.15, -0.1) is 5.06 Å². The van der Waals surface area contributed by atoms with Crippen molar-refractivity contribution in [3.63, 3.8) is 0 Å². The fraction of sp³-hybridized carbons (Fsp3) is 0.591. The van der Waals surface area contributed by atoms with Gasteiger partial charge in [0.1, 0.15) is 6.04 Å². The van der Waals surface area contributed by atoms with Crippen LogP contribution in [0.1, 0.15) is 65.9 Å². The van der Waals surface area contributed by atoms with Crippen LogP contribution in [0, 0.1) is 5.92 Å². The Morgan fingerprint density at radius 1 is 1.14 bits per heavy atom. The first-order valence-corrected chi connectivity index (χ1v) is 10.2. The monoisotopic (exact) mass is 405 g/mol. The Hall–Kier alpha value is -2.41. The highest BCUT2D eigenvalue weighted by Gasteiger charge is 2.29. The maximum Gasteiger partial charge on any atom is 0.349 e. The van der Waals surface area contributed by atoms with Crippen molar-refractivity contribution in [2.75, 3.05) is 0 Å². The van der Waals surface area contributed by atoms with E-state index in [9.17, 15) is 19.6 Å². The lowest BCUT2D eigenvalue weighted by atomic mass is 9.99. The zero-order chi connectivity index (χ0) is 22.0. The highest BCUT2D eigenvalue weighted by molar-refractivity contribution is 5.95. The molecule has 4 amide bonds. The third kappa shape index (κ3) is 9.09. The third-order valence-corrected chi connectivity index (χ3v) is 4.84. The minimum absolute atomic E-state index is 0.0700. The van der Waals surface area contributed by atoms with E-state index in [-0.39, 0.29) is 23.8 Å². The molecule has 7 heteroatoms. The summed E-state index contributed by atoms with van der Waals surface area (Å²) in [5, 5.41) is 15.5. The maximum absolute atomic E-state index is 12.8. The summed E-state index contributed by atoms with van der Waals surface area (Å²) in [6, 6.07) is 7.34. The molecule has 0 fully saturated rings. The molecule has 3 N–H and O–H groups in total. The highest BCUT2D eigenvalue weighted by atomic mass is 16.5. The minimum Gasteiger partial charge on any atom is -0.349 e. The lowest BCUT2D eigenvalue weighted by Gasteiger charge is -2.28. The lowest BCUT2D eigenvalue weighted by Crippen LogP contribution is -2.56. The number of hydrogen-bond donors (Lipinski definition) is 3. The second-order valence-corrected chi connectivity index (χ2v) is 8.41. The van der Waals surface area contributed by atoms with E-state index in [1.807, 2.05) is 65.0 Å². The molecule has 162 valence electrons. The molecule has 1 rings (SSSR count). The normalized spacial score (nSPS) is 12.4. The fourth-order valence-corrected chi connectivity index (χ4v) is 2.66. The molecule has 29 heavy (non-hydrogen) atoms. The number of amides is 4. The van der Waals surface area contributed by atoms with Crippen LogP contribution in [-0.4, -0.2) is 39.7 Å². The van der Waals surface area contributed by atoms with Gasteiger partial charge in [0.2, 0.25) is 5.91 Å². The molecule has 0 aliphatic carbocycles. The van der Waals surface area contributed by atoms with Gasteiger partial charge in [-0.05, 0) is 38.2 Å². The molecule has 0 aliphatic rings. The number of hydrogen-bond acceptors (Lipinski definition) is 4. The van der Waals surface area contributed by atoms with Crippen LogP contribution in [0.3, 0.4) is 0 Å². The van der Waals surface area contributed by atoms with Crippen molar-refractivity contribution in [2.24, 2.45) is 5.92 Å². The van der Waals surface area contributed by atoms with Crippen molar-refractivity contribution in [3.8, 4) is 0 Å². The zero-order valence-corrected chi connectivity index (χ0v) is 18.2. The first kappa shape index (κ1) is 24.6. The van der Waals surface area contributed by atoms with E-state index in [2.05, 4.69) is 10.6 Å². The Balaban J connectivity index is 2.82. The summed E-state index contributed by atoms with van der Waals surface area (Å²) < 4.78 is 0. The Morgan fingerprint density at radius 3 is 2.31 bits per heavy atom. The summed E-state index contributed by atoms with van der Waals surface area (Å²) in [6.45, 7) is 9.82. The first-order chi connectivity index (χ1) is 13.6. The third-order valence-electron chi connectivity index (χ3n) is 4.84. The van der Waals surface area contributed by atoms with Crippen molar-refractivity contribution < 1.29 is 19.6 Å². The van der Waals surface area contributed by atoms with Crippen molar-refractivity contribution in [3.05, 3.63) is 35.9 Å². The predicted octanol–water partition coefficient (Wildman–Crippen LogP) is 3.66. The van der Waals surface area contributed by atoms with Crippen LogP contribution in [0.15, 0.2) is 30.3 Å². The molecule has 0 saturated heterocycles. The molecule has 0 aliphatic heterocycles. The number of benzene rings is 1. The van der Waals surface area contributed by atoms with Gasteiger partial charge in [0, 0.05) is 18.4 Å². The number of carbonyl (C=O) groups excluding carboxylic acids is 3. The molecule has 0 bridgehead atoms. The van der Waals surface area contributed by atoms with Crippen molar-refractivity contribution in [1.82, 2.24) is 15.7 Å². The molecule has 1 atom stereocenters. The Bertz CT molecular complexity index is 674. The van der Waals surface area contributed by atoms with Crippen LogP contribution in [0.4, 0.5) is 4.79 Å². The van der Waals surface area contributed by atoms with Gasteiger partial charge < -0.3 is 10.6 Å². The molecule has 0 radical (unpaired) electrons. The van der Waals surface area contributed by atoms with Gasteiger partial charge in [0.15, 0.2) is 0 Å². The molecule has 0 unspecified atom stereocenters. The van der Waals surface area contributed by atoms with E-state index >= 15 is 0 Å². The number of imide groups is 1. The number of nitrogens with one attached hydrogen (secondary N) is 2. The number of carbonyl (C=O) groups is 3. The Labute approximate surface area is 173 Å². The topological polar surface area (TPSA) is 98.7 Å². The molecule has 1 aromatic carbocycles. The number of hydroxylamine groups is 2. The zero-order valence-electron chi connectivity index (χ0n) is 18.2. The average Bonchev–Trinajstić information content (AvgIpc) is 2.66. The van der Waals surface area contributed by atoms with E-state index in [1.54, 1.807) is 0 Å². The molecule has 0 spiro atoms. The Morgan fingerprint density at radius 2 is 1.76 bits per heavy atom. The lowest BCUT2D eigenvalue weighted by molar-refractivity contribution is -0.153. The molecule has 1 aromatic rings. The van der Waals surface area contributed by atoms with Crippen molar-refractivity contribution in [2.45, 2.75) is 78.3 Å². The highest BCUT2D eigenvalue weighted by Crippen LogP contribution is 2.11. The molecule has 0 aromatic heterocycles. The van der Waals surface area contributed by atoms with Crippen molar-refractivity contribution in [1.29, 1.82) is 0 Å². The molecular formula is C22H35N3O4. The molecule has 7 nitrogen and oxygen atoms in total.